The summed E-state index contributed by atoms with van der Waals surface area (Å²) in [5.74, 6) is 0. The van der Waals surface area contributed by atoms with Crippen LogP contribution in [-0.2, 0) is 5.41 Å². The quantitative estimate of drug-likeness (QED) is 0.207. The van der Waals surface area contributed by atoms with Crippen LogP contribution in [0.4, 0.5) is 17.1 Å². The Labute approximate surface area is 266 Å². The maximum Gasteiger partial charge on any atom is 0.0544 e. The standard InChI is InChI=1S/C43H38N2/c1-5-43(6-2)39-26-30(34-11-9-12-38-37-10-7-8-13-41(37)44-42(34)38)18-24-35(39)36-25-23-33(27-40(36)43)45(31-19-14-28(3)15-20-31)32-21-16-29(4)17-22-32/h7-27,44H,5-6H2,1-4H3. The van der Waals surface area contributed by atoms with Gasteiger partial charge in [0.25, 0.3) is 0 Å². The molecule has 0 radical (unpaired) electrons. The molecule has 0 fully saturated rings. The minimum absolute atomic E-state index is 0.0583. The third-order valence-corrected chi connectivity index (χ3v) is 10.2. The van der Waals surface area contributed by atoms with E-state index in [4.69, 9.17) is 0 Å². The lowest BCUT2D eigenvalue weighted by atomic mass is 9.73. The predicted octanol–water partition coefficient (Wildman–Crippen LogP) is 12.2. The van der Waals surface area contributed by atoms with Gasteiger partial charge >= 0.3 is 0 Å². The van der Waals surface area contributed by atoms with Crippen LogP contribution in [0.1, 0.15) is 48.9 Å². The van der Waals surface area contributed by atoms with Gasteiger partial charge in [-0.3, -0.25) is 0 Å². The summed E-state index contributed by atoms with van der Waals surface area (Å²) in [6, 6.07) is 47.4. The van der Waals surface area contributed by atoms with Crippen LogP contribution < -0.4 is 4.90 Å². The molecule has 0 bridgehead atoms. The van der Waals surface area contributed by atoms with Crippen LogP contribution >= 0.6 is 0 Å². The summed E-state index contributed by atoms with van der Waals surface area (Å²) in [4.78, 5) is 6.13. The first-order chi connectivity index (χ1) is 22.0. The van der Waals surface area contributed by atoms with Crippen LogP contribution in [0.2, 0.25) is 0 Å². The average molecular weight is 583 g/mol. The summed E-state index contributed by atoms with van der Waals surface area (Å²) in [6.07, 6.45) is 2.09. The number of aryl methyl sites for hydroxylation is 2. The lowest BCUT2D eigenvalue weighted by Gasteiger charge is -2.32. The number of H-pyrrole nitrogens is 1. The van der Waals surface area contributed by atoms with E-state index in [9.17, 15) is 0 Å². The highest BCUT2D eigenvalue weighted by molar-refractivity contribution is 6.12. The van der Waals surface area contributed by atoms with Crippen molar-refractivity contribution >= 4 is 38.9 Å². The molecule has 0 atom stereocenters. The number of para-hydroxylation sites is 2. The van der Waals surface area contributed by atoms with Gasteiger partial charge in [0.15, 0.2) is 0 Å². The molecule has 1 aromatic heterocycles. The van der Waals surface area contributed by atoms with Crippen molar-refractivity contribution in [2.24, 2.45) is 0 Å². The van der Waals surface area contributed by atoms with Crippen LogP contribution in [-0.4, -0.2) is 4.98 Å². The second-order valence-corrected chi connectivity index (χ2v) is 12.7. The van der Waals surface area contributed by atoms with Gasteiger partial charge in [-0.15, -0.1) is 0 Å². The van der Waals surface area contributed by atoms with Crippen molar-refractivity contribution in [2.45, 2.75) is 46.0 Å². The third-order valence-electron chi connectivity index (χ3n) is 10.2. The molecule has 1 N–H and O–H groups in total. The molecule has 2 heteroatoms. The Morgan fingerprint density at radius 1 is 0.533 bits per heavy atom. The van der Waals surface area contributed by atoms with E-state index in [-0.39, 0.29) is 5.41 Å². The van der Waals surface area contributed by atoms with Crippen LogP contribution in [0.5, 0.6) is 0 Å². The number of hydrogen-bond donors (Lipinski definition) is 1. The summed E-state index contributed by atoms with van der Waals surface area (Å²) >= 11 is 0. The highest BCUT2D eigenvalue weighted by Crippen LogP contribution is 2.55. The van der Waals surface area contributed by atoms with Gasteiger partial charge in [-0.2, -0.15) is 0 Å². The first-order valence-corrected chi connectivity index (χ1v) is 16.2. The molecule has 0 unspecified atom stereocenters. The molecule has 0 spiro atoms. The molecule has 7 aromatic rings. The van der Waals surface area contributed by atoms with E-state index in [0.717, 1.165) is 12.8 Å². The van der Waals surface area contributed by atoms with E-state index in [2.05, 4.69) is 165 Å². The van der Waals surface area contributed by atoms with Crippen molar-refractivity contribution in [3.63, 3.8) is 0 Å². The summed E-state index contributed by atoms with van der Waals surface area (Å²) in [5, 5.41) is 2.56. The lowest BCUT2D eigenvalue weighted by molar-refractivity contribution is 0.490. The second kappa shape index (κ2) is 10.5. The molecule has 1 aliphatic rings. The Bertz CT molecular complexity index is 2150. The van der Waals surface area contributed by atoms with Crippen molar-refractivity contribution < 1.29 is 0 Å². The van der Waals surface area contributed by atoms with Gasteiger partial charge in [0.1, 0.15) is 0 Å². The van der Waals surface area contributed by atoms with Crippen molar-refractivity contribution in [2.75, 3.05) is 4.90 Å². The number of nitrogens with one attached hydrogen (secondary N) is 1. The first-order valence-electron chi connectivity index (χ1n) is 16.2. The normalized spacial score (nSPS) is 13.2. The molecule has 8 rings (SSSR count). The zero-order valence-electron chi connectivity index (χ0n) is 26.5. The fourth-order valence-corrected chi connectivity index (χ4v) is 7.75. The molecule has 6 aromatic carbocycles. The van der Waals surface area contributed by atoms with E-state index in [1.54, 1.807) is 0 Å². The predicted molar refractivity (Wildman–Crippen MR) is 192 cm³/mol. The van der Waals surface area contributed by atoms with E-state index >= 15 is 0 Å². The Morgan fingerprint density at radius 2 is 1.11 bits per heavy atom. The van der Waals surface area contributed by atoms with Crippen LogP contribution in [0, 0.1) is 13.8 Å². The van der Waals surface area contributed by atoms with Crippen molar-refractivity contribution in [3.8, 4) is 22.3 Å². The molecule has 0 saturated carbocycles. The van der Waals surface area contributed by atoms with Crippen LogP contribution in [0.3, 0.4) is 0 Å². The summed E-state index contributed by atoms with van der Waals surface area (Å²) < 4.78 is 0. The molecule has 1 aliphatic carbocycles. The fraction of sp³-hybridized carbons (Fsp3) is 0.163. The molecular weight excluding hydrogens is 544 g/mol. The lowest BCUT2D eigenvalue weighted by Crippen LogP contribution is -2.23. The molecule has 1 heterocycles. The maximum absolute atomic E-state index is 3.73. The minimum Gasteiger partial charge on any atom is -0.354 e. The molecule has 220 valence electrons. The monoisotopic (exact) mass is 582 g/mol. The number of rotatable bonds is 6. The Morgan fingerprint density at radius 3 is 1.78 bits per heavy atom. The summed E-state index contributed by atoms with van der Waals surface area (Å²) in [7, 11) is 0. The SMILES string of the molecule is CCC1(CC)c2cc(-c3cccc4c3[nH]c3ccccc34)ccc2-c2ccc(N(c3ccc(C)cc3)c3ccc(C)cc3)cc21. The number of hydrogen-bond acceptors (Lipinski definition) is 1. The van der Waals surface area contributed by atoms with Gasteiger partial charge in [-0.1, -0.05) is 104 Å². The smallest absolute Gasteiger partial charge is 0.0544 e. The summed E-state index contributed by atoms with van der Waals surface area (Å²) in [6.45, 7) is 9.02. The highest BCUT2D eigenvalue weighted by atomic mass is 15.1. The molecule has 0 aliphatic heterocycles. The number of aromatic amines is 1. The number of nitrogens with zero attached hydrogens (tertiary/aromatic N) is 1. The Balaban J connectivity index is 1.29. The van der Waals surface area contributed by atoms with Gasteiger partial charge in [0.05, 0.1) is 5.52 Å². The molecule has 45 heavy (non-hydrogen) atoms. The van der Waals surface area contributed by atoms with Gasteiger partial charge in [0, 0.05) is 44.3 Å². The van der Waals surface area contributed by atoms with E-state index in [0.29, 0.717) is 0 Å². The Kier molecular flexibility index (Phi) is 6.42. The van der Waals surface area contributed by atoms with Crippen molar-refractivity contribution in [3.05, 3.63) is 150 Å². The number of aromatic nitrogens is 1. The summed E-state index contributed by atoms with van der Waals surface area (Å²) in [5.41, 5.74) is 16.5. The maximum atomic E-state index is 3.73. The average Bonchev–Trinajstić information content (AvgIpc) is 3.59. The number of anilines is 3. The van der Waals surface area contributed by atoms with Crippen molar-refractivity contribution in [1.29, 1.82) is 0 Å². The minimum atomic E-state index is -0.0583. The fourth-order valence-electron chi connectivity index (χ4n) is 7.75. The highest BCUT2D eigenvalue weighted by Gasteiger charge is 2.41. The zero-order valence-corrected chi connectivity index (χ0v) is 26.5. The van der Waals surface area contributed by atoms with E-state index < -0.39 is 0 Å². The van der Waals surface area contributed by atoms with Gasteiger partial charge in [-0.05, 0) is 103 Å². The number of fused-ring (bicyclic) bond motifs is 6. The number of benzene rings is 6. The largest absolute Gasteiger partial charge is 0.354 e. The molecule has 2 nitrogen and oxygen atoms in total. The van der Waals surface area contributed by atoms with Crippen molar-refractivity contribution in [1.82, 2.24) is 4.98 Å². The van der Waals surface area contributed by atoms with Crippen LogP contribution in [0.25, 0.3) is 44.1 Å². The Hall–Kier alpha value is -5.08. The van der Waals surface area contributed by atoms with Gasteiger partial charge < -0.3 is 9.88 Å². The second-order valence-electron chi connectivity index (χ2n) is 12.7. The molecule has 0 saturated heterocycles. The van der Waals surface area contributed by atoms with E-state index in [1.807, 2.05) is 0 Å². The van der Waals surface area contributed by atoms with Gasteiger partial charge in [-0.25, -0.2) is 0 Å². The van der Waals surface area contributed by atoms with E-state index in [1.165, 1.54) is 83.4 Å². The molecule has 0 amide bonds. The molecular formula is C43H38N2. The van der Waals surface area contributed by atoms with Crippen LogP contribution in [0.15, 0.2) is 127 Å². The zero-order chi connectivity index (χ0) is 30.7. The topological polar surface area (TPSA) is 19.0 Å². The van der Waals surface area contributed by atoms with Gasteiger partial charge in [0.2, 0.25) is 0 Å². The third kappa shape index (κ3) is 4.24. The first kappa shape index (κ1) is 27.5.